The number of nitrogens with one attached hydrogen (secondary N) is 2. The van der Waals surface area contributed by atoms with E-state index in [0.717, 1.165) is 22.3 Å². The van der Waals surface area contributed by atoms with Crippen LogP contribution in [0.2, 0.25) is 0 Å². The number of H-pyrrole nitrogens is 1. The van der Waals surface area contributed by atoms with E-state index in [1.165, 1.54) is 5.39 Å². The first-order chi connectivity index (χ1) is 9.78. The monoisotopic (exact) mass is 264 g/mol. The van der Waals surface area contributed by atoms with E-state index < -0.39 is 0 Å². The molecule has 0 fully saturated rings. The van der Waals surface area contributed by atoms with E-state index in [-0.39, 0.29) is 5.90 Å². The first-order valence-electron chi connectivity index (χ1n) is 6.68. The number of para-hydroxylation sites is 1. The van der Waals surface area contributed by atoms with Gasteiger partial charge in [0.2, 0.25) is 5.90 Å². The zero-order valence-electron chi connectivity index (χ0n) is 11.3. The third-order valence-electron chi connectivity index (χ3n) is 3.25. The summed E-state index contributed by atoms with van der Waals surface area (Å²) in [5.74, 6) is 0.213. The maximum atomic E-state index is 7.86. The van der Waals surface area contributed by atoms with Crippen molar-refractivity contribution < 1.29 is 4.74 Å². The number of ether oxygens (including phenoxy) is 1. The summed E-state index contributed by atoms with van der Waals surface area (Å²) in [5.41, 5.74) is 4.02. The average Bonchev–Trinajstić information content (AvgIpc) is 2.91. The Kier molecular flexibility index (Phi) is 3.25. The van der Waals surface area contributed by atoms with Crippen LogP contribution < -0.4 is 0 Å². The van der Waals surface area contributed by atoms with Gasteiger partial charge in [0.1, 0.15) is 0 Å². The Hall–Kier alpha value is -2.55. The Bertz CT molecular complexity index is 725. The Morgan fingerprint density at radius 2 is 1.95 bits per heavy atom. The van der Waals surface area contributed by atoms with Gasteiger partial charge in [0.25, 0.3) is 0 Å². The lowest BCUT2D eigenvalue weighted by Gasteiger charge is -2.06. The number of rotatable bonds is 3. The molecule has 0 spiro atoms. The molecule has 100 valence electrons. The van der Waals surface area contributed by atoms with Gasteiger partial charge in [-0.15, -0.1) is 0 Å². The van der Waals surface area contributed by atoms with E-state index in [9.17, 15) is 0 Å². The second kappa shape index (κ2) is 5.21. The van der Waals surface area contributed by atoms with E-state index in [4.69, 9.17) is 10.1 Å². The van der Waals surface area contributed by atoms with Crippen molar-refractivity contribution >= 4 is 16.8 Å². The van der Waals surface area contributed by atoms with Gasteiger partial charge in [-0.3, -0.25) is 5.41 Å². The average molecular weight is 264 g/mol. The second-order valence-corrected chi connectivity index (χ2v) is 4.61. The van der Waals surface area contributed by atoms with Crippen LogP contribution in [0.4, 0.5) is 0 Å². The highest BCUT2D eigenvalue weighted by Crippen LogP contribution is 2.24. The fourth-order valence-electron chi connectivity index (χ4n) is 2.28. The first kappa shape index (κ1) is 12.5. The molecule has 0 atom stereocenters. The molecular formula is C17H16N2O. The van der Waals surface area contributed by atoms with Gasteiger partial charge in [-0.1, -0.05) is 30.3 Å². The Morgan fingerprint density at radius 1 is 1.10 bits per heavy atom. The maximum absolute atomic E-state index is 7.86. The van der Waals surface area contributed by atoms with Crippen molar-refractivity contribution in [3.8, 4) is 11.3 Å². The minimum absolute atomic E-state index is 0.213. The van der Waals surface area contributed by atoms with Crippen LogP contribution in [0.3, 0.4) is 0 Å². The maximum Gasteiger partial charge on any atom is 0.213 e. The molecule has 20 heavy (non-hydrogen) atoms. The van der Waals surface area contributed by atoms with Crippen molar-refractivity contribution in [3.05, 3.63) is 60.2 Å². The molecule has 3 aromatic rings. The van der Waals surface area contributed by atoms with Crippen molar-refractivity contribution in [1.82, 2.24) is 4.98 Å². The molecule has 0 saturated heterocycles. The van der Waals surface area contributed by atoms with Crippen LogP contribution in [0.25, 0.3) is 22.2 Å². The third-order valence-corrected chi connectivity index (χ3v) is 3.25. The Balaban J connectivity index is 2.01. The zero-order chi connectivity index (χ0) is 13.9. The predicted octanol–water partition coefficient (Wildman–Crippen LogP) is 4.20. The van der Waals surface area contributed by atoms with Crippen LogP contribution in [0.5, 0.6) is 0 Å². The molecule has 0 saturated carbocycles. The molecule has 0 radical (unpaired) electrons. The van der Waals surface area contributed by atoms with E-state index in [1.807, 2.05) is 43.3 Å². The van der Waals surface area contributed by atoms with E-state index in [1.54, 1.807) is 0 Å². The fraction of sp³-hybridized carbons (Fsp3) is 0.118. The molecule has 3 rings (SSSR count). The summed E-state index contributed by atoms with van der Waals surface area (Å²) in [6.07, 6.45) is 0. The van der Waals surface area contributed by atoms with Gasteiger partial charge >= 0.3 is 0 Å². The smallest absolute Gasteiger partial charge is 0.213 e. The molecule has 3 heteroatoms. The van der Waals surface area contributed by atoms with Crippen molar-refractivity contribution in [3.63, 3.8) is 0 Å². The summed E-state index contributed by atoms with van der Waals surface area (Å²) in [6.45, 7) is 2.39. The molecule has 0 aliphatic heterocycles. The SMILES string of the molecule is CCOC(=N)c1cccc(-c2cc3ccccc3[nH]2)c1. The van der Waals surface area contributed by atoms with Crippen LogP contribution in [0.1, 0.15) is 12.5 Å². The highest BCUT2D eigenvalue weighted by molar-refractivity contribution is 5.93. The van der Waals surface area contributed by atoms with Crippen molar-refractivity contribution in [1.29, 1.82) is 5.41 Å². The topological polar surface area (TPSA) is 48.9 Å². The summed E-state index contributed by atoms with van der Waals surface area (Å²) < 4.78 is 5.25. The highest BCUT2D eigenvalue weighted by atomic mass is 16.5. The molecule has 0 aliphatic rings. The standard InChI is InChI=1S/C17H16N2O/c1-2-20-17(18)14-8-5-7-12(10-14)16-11-13-6-3-4-9-15(13)19-16/h3-11,18-19H,2H2,1H3. The normalized spacial score (nSPS) is 10.7. The molecule has 3 nitrogen and oxygen atoms in total. The van der Waals surface area contributed by atoms with Gasteiger partial charge in [0, 0.05) is 22.2 Å². The van der Waals surface area contributed by atoms with Gasteiger partial charge in [0.05, 0.1) is 6.61 Å². The minimum atomic E-state index is 0.213. The summed E-state index contributed by atoms with van der Waals surface area (Å²) in [4.78, 5) is 3.40. The number of hydrogen-bond donors (Lipinski definition) is 2. The van der Waals surface area contributed by atoms with Gasteiger partial charge in [0.15, 0.2) is 0 Å². The van der Waals surface area contributed by atoms with Crippen molar-refractivity contribution in [2.45, 2.75) is 6.92 Å². The lowest BCUT2D eigenvalue weighted by Crippen LogP contribution is -2.04. The molecule has 2 aromatic carbocycles. The fourth-order valence-corrected chi connectivity index (χ4v) is 2.28. The lowest BCUT2D eigenvalue weighted by molar-refractivity contribution is 0.325. The number of aromatic amines is 1. The highest BCUT2D eigenvalue weighted by Gasteiger charge is 2.06. The molecule has 2 N–H and O–H groups in total. The van der Waals surface area contributed by atoms with Crippen LogP contribution in [0, 0.1) is 5.41 Å². The van der Waals surface area contributed by atoms with Crippen LogP contribution in [0.15, 0.2) is 54.6 Å². The largest absolute Gasteiger partial charge is 0.478 e. The van der Waals surface area contributed by atoms with Crippen molar-refractivity contribution in [2.75, 3.05) is 6.61 Å². The minimum Gasteiger partial charge on any atom is -0.478 e. The van der Waals surface area contributed by atoms with Gasteiger partial charge in [-0.05, 0) is 36.8 Å². The Labute approximate surface area is 117 Å². The molecule has 1 heterocycles. The van der Waals surface area contributed by atoms with Crippen LogP contribution >= 0.6 is 0 Å². The third kappa shape index (κ3) is 2.30. The zero-order valence-corrected chi connectivity index (χ0v) is 11.3. The number of benzene rings is 2. The van der Waals surface area contributed by atoms with Gasteiger partial charge in [-0.25, -0.2) is 0 Å². The van der Waals surface area contributed by atoms with Crippen LogP contribution in [-0.4, -0.2) is 17.5 Å². The summed E-state index contributed by atoms with van der Waals surface area (Å²) >= 11 is 0. The Morgan fingerprint density at radius 3 is 2.75 bits per heavy atom. The first-order valence-corrected chi connectivity index (χ1v) is 6.68. The van der Waals surface area contributed by atoms with Crippen LogP contribution in [-0.2, 0) is 4.74 Å². The van der Waals surface area contributed by atoms with Gasteiger partial charge in [-0.2, -0.15) is 0 Å². The quantitative estimate of drug-likeness (QED) is 0.540. The molecule has 1 aromatic heterocycles. The summed E-state index contributed by atoms with van der Waals surface area (Å²) in [6, 6.07) is 18.2. The number of fused-ring (bicyclic) bond motifs is 1. The molecule has 0 unspecified atom stereocenters. The molecule has 0 bridgehead atoms. The number of aromatic nitrogens is 1. The second-order valence-electron chi connectivity index (χ2n) is 4.61. The van der Waals surface area contributed by atoms with Crippen molar-refractivity contribution in [2.24, 2.45) is 0 Å². The van der Waals surface area contributed by atoms with E-state index in [2.05, 4.69) is 23.2 Å². The molecular weight excluding hydrogens is 248 g/mol. The van der Waals surface area contributed by atoms with E-state index in [0.29, 0.717) is 6.61 Å². The summed E-state index contributed by atoms with van der Waals surface area (Å²) in [7, 11) is 0. The van der Waals surface area contributed by atoms with E-state index >= 15 is 0 Å². The lowest BCUT2D eigenvalue weighted by atomic mass is 10.1. The summed E-state index contributed by atoms with van der Waals surface area (Å²) in [5, 5.41) is 9.05. The number of hydrogen-bond acceptors (Lipinski definition) is 2. The molecule has 0 aliphatic carbocycles. The molecule has 0 amide bonds. The predicted molar refractivity (Wildman–Crippen MR) is 82.2 cm³/mol. The van der Waals surface area contributed by atoms with Gasteiger partial charge < -0.3 is 9.72 Å².